The monoisotopic (exact) mass is 836 g/mol. The van der Waals surface area contributed by atoms with Crippen molar-refractivity contribution in [1.82, 2.24) is 0 Å². The van der Waals surface area contributed by atoms with E-state index in [0.29, 0.717) is 30.4 Å². The van der Waals surface area contributed by atoms with Gasteiger partial charge in [0.05, 0.1) is 6.61 Å². The van der Waals surface area contributed by atoms with Crippen LogP contribution in [0, 0.1) is 23.2 Å². The fourth-order valence-electron chi connectivity index (χ4n) is 8.85. The maximum absolute atomic E-state index is 13.1. The number of carbonyl (C=O) groups excluding carboxylic acids is 8. The Labute approximate surface area is 342 Å². The number of fused-ring (bicyclic) bond motifs is 2. The molecule has 0 radical (unpaired) electrons. The van der Waals surface area contributed by atoms with Gasteiger partial charge in [0.2, 0.25) is 18.7 Å². The summed E-state index contributed by atoms with van der Waals surface area (Å²) in [6.45, 7) is 14.7. The van der Waals surface area contributed by atoms with Crippen LogP contribution < -0.4 is 0 Å². The summed E-state index contributed by atoms with van der Waals surface area (Å²) in [4.78, 5) is 100. The van der Waals surface area contributed by atoms with Crippen LogP contribution in [0.2, 0.25) is 0 Å². The van der Waals surface area contributed by atoms with Crippen molar-refractivity contribution in [2.75, 3.05) is 6.61 Å². The minimum atomic E-state index is -1.79. The summed E-state index contributed by atoms with van der Waals surface area (Å²) in [5.74, 6) is -7.19. The minimum Gasteiger partial charge on any atom is -0.465 e. The summed E-state index contributed by atoms with van der Waals surface area (Å²) >= 11 is 0. The molecule has 4 rings (SSSR count). The highest BCUT2D eigenvalue weighted by atomic mass is 16.8. The van der Waals surface area contributed by atoms with Crippen LogP contribution in [0.15, 0.2) is 22.8 Å². The fraction of sp³-hybridized carbons (Fsp3) is 0.707. The van der Waals surface area contributed by atoms with Gasteiger partial charge in [-0.05, 0) is 31.3 Å². The van der Waals surface area contributed by atoms with Crippen molar-refractivity contribution >= 4 is 47.8 Å². The maximum Gasteiger partial charge on any atom is 0.305 e. The van der Waals surface area contributed by atoms with E-state index in [1.165, 1.54) is 27.7 Å². The predicted molar refractivity (Wildman–Crippen MR) is 199 cm³/mol. The van der Waals surface area contributed by atoms with Crippen LogP contribution >= 0.6 is 0 Å². The van der Waals surface area contributed by atoms with Gasteiger partial charge in [0.15, 0.2) is 12.2 Å². The molecule has 0 bridgehead atoms. The second-order valence-electron chi connectivity index (χ2n) is 15.8. The number of hydrogen-bond acceptors (Lipinski definition) is 18. The lowest BCUT2D eigenvalue weighted by Gasteiger charge is -2.49. The summed E-state index contributed by atoms with van der Waals surface area (Å²) in [6, 6.07) is 0. The third-order valence-corrected chi connectivity index (χ3v) is 11.0. The molecule has 0 spiro atoms. The second kappa shape index (κ2) is 19.5. The van der Waals surface area contributed by atoms with Crippen molar-refractivity contribution in [3.05, 3.63) is 22.8 Å². The summed E-state index contributed by atoms with van der Waals surface area (Å²) in [5.41, 5.74) is 0.666. The van der Waals surface area contributed by atoms with E-state index < -0.39 is 120 Å². The van der Waals surface area contributed by atoms with Gasteiger partial charge in [0.25, 0.3) is 0 Å². The molecule has 1 unspecified atom stereocenters. The van der Waals surface area contributed by atoms with Crippen molar-refractivity contribution < 1.29 is 85.7 Å². The SMILES string of the molecule is CC(=O)OC[C@@H](C)C1=C2[C@@H](O[C@H]3O[C@H](OC(C)=O)[C@@H](OC(C)=O)[C@H](OC(C)=O)[C@H]3OC(C)=O)[C@H](OC(C)=O)[C@H](C)[C@@H]3CCC(OC(C)=O)C/C3=C/[C@@]2(C)[C@@H](OC(C)=O)C1. The first-order valence-corrected chi connectivity index (χ1v) is 19.6. The van der Waals surface area contributed by atoms with E-state index in [9.17, 15) is 38.4 Å². The Morgan fingerprint density at radius 1 is 0.644 bits per heavy atom. The summed E-state index contributed by atoms with van der Waals surface area (Å²) in [5, 5.41) is 0. The quantitative estimate of drug-likeness (QED) is 0.156. The first kappa shape index (κ1) is 46.8. The van der Waals surface area contributed by atoms with Crippen molar-refractivity contribution in [1.29, 1.82) is 0 Å². The molecular weight excluding hydrogens is 780 g/mol. The van der Waals surface area contributed by atoms with Crippen molar-refractivity contribution in [2.24, 2.45) is 23.2 Å². The Balaban J connectivity index is 2.06. The zero-order chi connectivity index (χ0) is 44.1. The molecule has 1 saturated heterocycles. The number of rotatable bonds is 12. The Kier molecular flexibility index (Phi) is 15.5. The van der Waals surface area contributed by atoms with Crippen LogP contribution in [-0.4, -0.2) is 110 Å². The Bertz CT molecular complexity index is 1730. The molecule has 0 aromatic rings. The highest BCUT2D eigenvalue weighted by Crippen LogP contribution is 2.56. The zero-order valence-corrected chi connectivity index (χ0v) is 35.4. The molecule has 0 amide bonds. The molecule has 0 N–H and O–H groups in total. The minimum absolute atomic E-state index is 0.103. The lowest BCUT2D eigenvalue weighted by atomic mass is 9.64. The molecule has 59 heavy (non-hydrogen) atoms. The molecule has 1 saturated carbocycles. The molecule has 1 heterocycles. The maximum atomic E-state index is 13.1. The van der Waals surface area contributed by atoms with Gasteiger partial charge in [0, 0.05) is 85.5 Å². The highest BCUT2D eigenvalue weighted by molar-refractivity contribution is 5.70. The average molecular weight is 837 g/mol. The van der Waals surface area contributed by atoms with Crippen LogP contribution in [0.4, 0.5) is 0 Å². The first-order chi connectivity index (χ1) is 27.5. The van der Waals surface area contributed by atoms with Gasteiger partial charge >= 0.3 is 47.8 Å². The third kappa shape index (κ3) is 11.5. The van der Waals surface area contributed by atoms with Gasteiger partial charge in [-0.25, -0.2) is 0 Å². The van der Waals surface area contributed by atoms with Gasteiger partial charge in [-0.3, -0.25) is 38.4 Å². The average Bonchev–Trinajstić information content (AvgIpc) is 3.36. The number of hydrogen-bond donors (Lipinski definition) is 0. The van der Waals surface area contributed by atoms with Gasteiger partial charge < -0.3 is 47.4 Å². The van der Waals surface area contributed by atoms with Gasteiger partial charge in [-0.1, -0.05) is 31.1 Å². The zero-order valence-electron chi connectivity index (χ0n) is 35.4. The van der Waals surface area contributed by atoms with E-state index in [4.69, 9.17) is 47.4 Å². The molecule has 328 valence electrons. The molecule has 3 aliphatic carbocycles. The van der Waals surface area contributed by atoms with Crippen molar-refractivity contribution in [3.63, 3.8) is 0 Å². The summed E-state index contributed by atoms with van der Waals surface area (Å²) in [6.07, 6.45) is -9.05. The summed E-state index contributed by atoms with van der Waals surface area (Å²) in [7, 11) is 0. The molecule has 0 aromatic heterocycles. The molecule has 18 nitrogen and oxygen atoms in total. The first-order valence-electron chi connectivity index (χ1n) is 19.6. The normalized spacial score (nSPS) is 34.1. The van der Waals surface area contributed by atoms with Crippen LogP contribution in [-0.2, 0) is 85.7 Å². The van der Waals surface area contributed by atoms with E-state index in [1.54, 1.807) is 6.92 Å². The van der Waals surface area contributed by atoms with Crippen molar-refractivity contribution in [3.8, 4) is 0 Å². The van der Waals surface area contributed by atoms with Crippen LogP contribution in [0.3, 0.4) is 0 Å². The van der Waals surface area contributed by atoms with E-state index in [0.717, 1.165) is 33.3 Å². The molecule has 1 aliphatic heterocycles. The fourth-order valence-corrected chi connectivity index (χ4v) is 8.85. The topological polar surface area (TPSA) is 229 Å². The molecule has 2 fully saturated rings. The molecule has 4 aliphatic rings. The van der Waals surface area contributed by atoms with E-state index in [2.05, 4.69) is 0 Å². The largest absolute Gasteiger partial charge is 0.465 e. The standard InChI is InChI=1S/C41H56O18/c1-18(17-50-20(3)42)31-15-32(52-22(5)44)41(11)16-28-14-29(51-21(4)43)12-13-30(28)19(2)34(53-23(6)45)35(33(31)41)58-40-38(56-26(9)48)36(54-24(7)46)37(55-25(8)47)39(59-40)57-27(10)49/h16,18-19,29-30,32,34-40H,12-15,17H2,1-11H3/b28-16-/t18-,19-,29?,30+,32+,34-,35-,36+,37+,38-,39+,40+,41+/m1/s1. The Morgan fingerprint density at radius 2 is 1.15 bits per heavy atom. The summed E-state index contributed by atoms with van der Waals surface area (Å²) < 4.78 is 58.7. The second-order valence-corrected chi connectivity index (χ2v) is 15.8. The predicted octanol–water partition coefficient (Wildman–Crippen LogP) is 3.49. The number of carbonyl (C=O) groups is 8. The third-order valence-electron chi connectivity index (χ3n) is 11.0. The van der Waals surface area contributed by atoms with E-state index in [1.807, 2.05) is 19.9 Å². The Hall–Kier alpha value is -4.84. The van der Waals surface area contributed by atoms with Gasteiger partial charge in [-0.2, -0.15) is 0 Å². The van der Waals surface area contributed by atoms with Crippen LogP contribution in [0.25, 0.3) is 0 Å². The smallest absolute Gasteiger partial charge is 0.305 e. The molecule has 13 atom stereocenters. The lowest BCUT2D eigenvalue weighted by molar-refractivity contribution is -0.354. The van der Waals surface area contributed by atoms with Crippen LogP contribution in [0.1, 0.15) is 102 Å². The molecular formula is C41H56O18. The van der Waals surface area contributed by atoms with Crippen LogP contribution in [0.5, 0.6) is 0 Å². The highest BCUT2D eigenvalue weighted by Gasteiger charge is 2.59. The molecule has 0 aromatic carbocycles. The van der Waals surface area contributed by atoms with Gasteiger partial charge in [0.1, 0.15) is 24.4 Å². The lowest BCUT2D eigenvalue weighted by Crippen LogP contribution is -2.64. The number of esters is 8. The van der Waals surface area contributed by atoms with E-state index >= 15 is 0 Å². The Morgan fingerprint density at radius 3 is 1.68 bits per heavy atom. The van der Waals surface area contributed by atoms with E-state index in [-0.39, 0.29) is 18.9 Å². The van der Waals surface area contributed by atoms with Crippen molar-refractivity contribution in [2.45, 2.75) is 157 Å². The number of ether oxygens (including phenoxy) is 10. The molecule has 18 heteroatoms. The van der Waals surface area contributed by atoms with Gasteiger partial charge in [-0.15, -0.1) is 0 Å².